The van der Waals surface area contributed by atoms with E-state index in [4.69, 9.17) is 9.72 Å². The van der Waals surface area contributed by atoms with E-state index >= 15 is 0 Å². The first-order chi connectivity index (χ1) is 21.0. The highest BCUT2D eigenvalue weighted by molar-refractivity contribution is 5.81. The molecular formula is C37H44N4O2. The summed E-state index contributed by atoms with van der Waals surface area (Å²) in [4.78, 5) is 23.1. The lowest BCUT2D eigenvalue weighted by molar-refractivity contribution is -0.139. The molecule has 7 rings (SSSR count). The zero-order valence-electron chi connectivity index (χ0n) is 25.6. The van der Waals surface area contributed by atoms with Crippen LogP contribution in [0.3, 0.4) is 0 Å². The summed E-state index contributed by atoms with van der Waals surface area (Å²) in [7, 11) is 0. The standard InChI is InChI=1S/C37H44N4O2/c1-27(43-33-13-7-4-8-14-33)36(42)39-22-19-37(20-23-39,29-11-5-3-6-12-29)21-24-40-30-17-18-31(40)26-32(25-30)41-28(2)38-34-15-9-10-16-35(34)41/h3-16,27,30-32H,17-26H2,1-2H3/t27?,30-,31+,32+. The predicted octanol–water partition coefficient (Wildman–Crippen LogP) is 6.93. The van der Waals surface area contributed by atoms with Crippen LogP contribution in [-0.4, -0.2) is 63.1 Å². The Balaban J connectivity index is 1.03. The van der Waals surface area contributed by atoms with E-state index in [9.17, 15) is 4.79 Å². The van der Waals surface area contributed by atoms with Crippen LogP contribution in [0, 0.1) is 6.92 Å². The number of para-hydroxylation sites is 3. The molecule has 0 saturated carbocycles. The van der Waals surface area contributed by atoms with Crippen LogP contribution in [0.2, 0.25) is 0 Å². The molecule has 6 nitrogen and oxygen atoms in total. The molecule has 3 aliphatic rings. The molecule has 0 N–H and O–H groups in total. The van der Waals surface area contributed by atoms with Gasteiger partial charge in [-0.3, -0.25) is 9.69 Å². The molecule has 3 fully saturated rings. The molecule has 2 bridgehead atoms. The molecule has 0 radical (unpaired) electrons. The second-order valence-electron chi connectivity index (χ2n) is 13.1. The second kappa shape index (κ2) is 11.8. The number of carbonyl (C=O) groups excluding carboxylic acids is 1. The number of nitrogens with zero attached hydrogens (tertiary/aromatic N) is 4. The van der Waals surface area contributed by atoms with Gasteiger partial charge < -0.3 is 14.2 Å². The maximum absolute atomic E-state index is 13.4. The molecule has 3 aliphatic heterocycles. The second-order valence-corrected chi connectivity index (χ2v) is 13.1. The van der Waals surface area contributed by atoms with Crippen LogP contribution in [0.1, 0.15) is 69.3 Å². The van der Waals surface area contributed by atoms with Crippen molar-refractivity contribution >= 4 is 16.9 Å². The number of likely N-dealkylation sites (tertiary alicyclic amines) is 1. The SMILES string of the molecule is Cc1nc2ccccc2n1[C@H]1C[C@H]2CC[C@@H](C1)N2CCC1(c2ccccc2)CCN(C(=O)C(C)Oc2ccccc2)CC1. The lowest BCUT2D eigenvalue weighted by atomic mass is 9.70. The van der Waals surface area contributed by atoms with Crippen molar-refractivity contribution in [3.63, 3.8) is 0 Å². The Morgan fingerprint density at radius 3 is 2.21 bits per heavy atom. The van der Waals surface area contributed by atoms with Crippen molar-refractivity contribution in [3.8, 4) is 5.75 Å². The molecule has 6 heteroatoms. The van der Waals surface area contributed by atoms with Crippen molar-refractivity contribution in [2.45, 2.75) is 88.4 Å². The molecule has 4 aromatic rings. The monoisotopic (exact) mass is 576 g/mol. The lowest BCUT2D eigenvalue weighted by Gasteiger charge is -2.46. The Kier molecular flexibility index (Phi) is 7.72. The van der Waals surface area contributed by atoms with Gasteiger partial charge in [0.05, 0.1) is 11.0 Å². The number of hydrogen-bond donors (Lipinski definition) is 0. The smallest absolute Gasteiger partial charge is 0.263 e. The van der Waals surface area contributed by atoms with Gasteiger partial charge in [0, 0.05) is 31.2 Å². The molecule has 0 spiro atoms. The Labute approximate surface area is 255 Å². The number of imidazole rings is 1. The average Bonchev–Trinajstić information content (AvgIpc) is 3.51. The van der Waals surface area contributed by atoms with E-state index in [1.54, 1.807) is 0 Å². The van der Waals surface area contributed by atoms with Crippen LogP contribution in [0.15, 0.2) is 84.9 Å². The number of amides is 1. The summed E-state index contributed by atoms with van der Waals surface area (Å²) in [5.74, 6) is 1.98. The van der Waals surface area contributed by atoms with Crippen molar-refractivity contribution in [1.82, 2.24) is 19.4 Å². The van der Waals surface area contributed by atoms with Crippen LogP contribution in [0.4, 0.5) is 0 Å². The van der Waals surface area contributed by atoms with E-state index in [2.05, 4.69) is 71.0 Å². The maximum atomic E-state index is 13.4. The van der Waals surface area contributed by atoms with Crippen LogP contribution in [0.5, 0.6) is 5.75 Å². The van der Waals surface area contributed by atoms with Gasteiger partial charge in [-0.1, -0.05) is 60.7 Å². The summed E-state index contributed by atoms with van der Waals surface area (Å²) in [6.45, 7) is 6.73. The average molecular weight is 577 g/mol. The number of hydrogen-bond acceptors (Lipinski definition) is 4. The van der Waals surface area contributed by atoms with Gasteiger partial charge in [-0.2, -0.15) is 0 Å². The molecule has 1 amide bonds. The first-order valence-electron chi connectivity index (χ1n) is 16.3. The van der Waals surface area contributed by atoms with Gasteiger partial charge in [-0.25, -0.2) is 4.98 Å². The van der Waals surface area contributed by atoms with E-state index in [1.807, 2.05) is 42.2 Å². The number of ether oxygens (including phenoxy) is 1. The van der Waals surface area contributed by atoms with Gasteiger partial charge in [0.15, 0.2) is 6.10 Å². The molecule has 224 valence electrons. The molecular weight excluding hydrogens is 532 g/mol. The van der Waals surface area contributed by atoms with Crippen LogP contribution in [-0.2, 0) is 10.2 Å². The number of rotatable bonds is 8. The van der Waals surface area contributed by atoms with Gasteiger partial charge in [0.25, 0.3) is 5.91 Å². The highest BCUT2D eigenvalue weighted by Gasteiger charge is 2.44. The zero-order valence-corrected chi connectivity index (χ0v) is 25.6. The minimum Gasteiger partial charge on any atom is -0.481 e. The molecule has 4 atom stereocenters. The topological polar surface area (TPSA) is 50.6 Å². The van der Waals surface area contributed by atoms with Crippen molar-refractivity contribution in [2.75, 3.05) is 19.6 Å². The number of aromatic nitrogens is 2. The van der Waals surface area contributed by atoms with Crippen molar-refractivity contribution in [1.29, 1.82) is 0 Å². The molecule has 43 heavy (non-hydrogen) atoms. The molecule has 0 aliphatic carbocycles. The van der Waals surface area contributed by atoms with E-state index in [0.29, 0.717) is 18.1 Å². The number of fused-ring (bicyclic) bond motifs is 3. The Morgan fingerprint density at radius 2 is 1.51 bits per heavy atom. The summed E-state index contributed by atoms with van der Waals surface area (Å²) in [5.41, 5.74) is 3.92. The fraction of sp³-hybridized carbons (Fsp3) is 0.459. The largest absolute Gasteiger partial charge is 0.481 e. The number of benzene rings is 3. The minimum atomic E-state index is -0.486. The first kappa shape index (κ1) is 28.1. The lowest BCUT2D eigenvalue weighted by Crippen LogP contribution is -2.51. The molecule has 4 heterocycles. The summed E-state index contributed by atoms with van der Waals surface area (Å²) < 4.78 is 8.51. The predicted molar refractivity (Wildman–Crippen MR) is 171 cm³/mol. The molecule has 3 saturated heterocycles. The van der Waals surface area contributed by atoms with E-state index in [-0.39, 0.29) is 11.3 Å². The summed E-state index contributed by atoms with van der Waals surface area (Å²) in [6.07, 6.45) is 7.65. The zero-order chi connectivity index (χ0) is 29.4. The summed E-state index contributed by atoms with van der Waals surface area (Å²) in [6, 6.07) is 31.2. The highest BCUT2D eigenvalue weighted by Crippen LogP contribution is 2.45. The van der Waals surface area contributed by atoms with Crippen LogP contribution < -0.4 is 4.74 Å². The number of aryl methyl sites for hydroxylation is 1. The van der Waals surface area contributed by atoms with Gasteiger partial charge >= 0.3 is 0 Å². The van der Waals surface area contributed by atoms with Crippen LogP contribution in [0.25, 0.3) is 11.0 Å². The Hall–Kier alpha value is -3.64. The van der Waals surface area contributed by atoms with E-state index < -0.39 is 6.10 Å². The fourth-order valence-corrected chi connectivity index (χ4v) is 8.43. The maximum Gasteiger partial charge on any atom is 0.263 e. The van der Waals surface area contributed by atoms with Gasteiger partial charge in [0.2, 0.25) is 0 Å². The third kappa shape index (κ3) is 5.46. The molecule has 1 aromatic heterocycles. The third-order valence-electron chi connectivity index (χ3n) is 10.7. The van der Waals surface area contributed by atoms with Crippen molar-refractivity contribution in [3.05, 3.63) is 96.3 Å². The first-order valence-corrected chi connectivity index (χ1v) is 16.3. The van der Waals surface area contributed by atoms with Crippen LogP contribution >= 0.6 is 0 Å². The Bertz CT molecular complexity index is 1530. The summed E-state index contributed by atoms with van der Waals surface area (Å²) in [5, 5.41) is 0. The van der Waals surface area contributed by atoms with Gasteiger partial charge in [0.1, 0.15) is 11.6 Å². The molecule has 1 unspecified atom stereocenters. The number of carbonyl (C=O) groups is 1. The molecule has 3 aromatic carbocycles. The summed E-state index contributed by atoms with van der Waals surface area (Å²) >= 11 is 0. The normalized spacial score (nSPS) is 24.2. The van der Waals surface area contributed by atoms with Gasteiger partial charge in [-0.05, 0) is 101 Å². The fourth-order valence-electron chi connectivity index (χ4n) is 8.43. The highest BCUT2D eigenvalue weighted by atomic mass is 16.5. The van der Waals surface area contributed by atoms with Gasteiger partial charge in [-0.15, -0.1) is 0 Å². The Morgan fingerprint density at radius 1 is 0.884 bits per heavy atom. The van der Waals surface area contributed by atoms with Crippen molar-refractivity contribution < 1.29 is 9.53 Å². The number of piperidine rings is 2. The van der Waals surface area contributed by atoms with E-state index in [1.165, 1.54) is 36.8 Å². The minimum absolute atomic E-state index is 0.0907. The van der Waals surface area contributed by atoms with Crippen molar-refractivity contribution in [2.24, 2.45) is 0 Å². The van der Waals surface area contributed by atoms with E-state index in [0.717, 1.165) is 56.0 Å². The quantitative estimate of drug-likeness (QED) is 0.228. The third-order valence-corrected chi connectivity index (χ3v) is 10.7.